The Bertz CT molecular complexity index is 793. The van der Waals surface area contributed by atoms with E-state index >= 15 is 0 Å². The Morgan fingerprint density at radius 2 is 1.81 bits per heavy atom. The predicted octanol–water partition coefficient (Wildman–Crippen LogP) is 1.78. The number of hydrogen-bond acceptors (Lipinski definition) is 7. The number of nitro groups is 1. The van der Waals surface area contributed by atoms with Gasteiger partial charge in [0.1, 0.15) is 24.2 Å². The minimum atomic E-state index is -0.954. The van der Waals surface area contributed by atoms with Gasteiger partial charge in [0.25, 0.3) is 5.91 Å². The third-order valence-corrected chi connectivity index (χ3v) is 3.64. The van der Waals surface area contributed by atoms with Crippen LogP contribution in [-0.4, -0.2) is 49.4 Å². The van der Waals surface area contributed by atoms with Crippen molar-refractivity contribution in [2.24, 2.45) is 0 Å². The van der Waals surface area contributed by atoms with E-state index in [0.29, 0.717) is 11.5 Å². The van der Waals surface area contributed by atoms with Crippen molar-refractivity contribution < 1.29 is 29.0 Å². The average molecular weight is 376 g/mol. The fourth-order valence-corrected chi connectivity index (χ4v) is 2.21. The van der Waals surface area contributed by atoms with Gasteiger partial charge in [0, 0.05) is 18.2 Å². The van der Waals surface area contributed by atoms with Crippen molar-refractivity contribution in [3.05, 3.63) is 58.1 Å². The van der Waals surface area contributed by atoms with Gasteiger partial charge in [-0.1, -0.05) is 0 Å². The first-order valence-corrected chi connectivity index (χ1v) is 8.00. The molecule has 0 aliphatic rings. The zero-order chi connectivity index (χ0) is 19.8. The monoisotopic (exact) mass is 376 g/mol. The number of rotatable bonds is 9. The largest absolute Gasteiger partial charge is 0.497 e. The maximum atomic E-state index is 12.1. The standard InChI is InChI=1S/C18H20N2O7/c1-25-14-4-6-15(7-5-14)27-11-13(21)10-19-18(22)12-3-8-17(26-2)16(9-12)20(23)24/h3-9,13,21H,10-11H2,1-2H3,(H,19,22)/t13-/m1/s1. The number of methoxy groups -OCH3 is 2. The Kier molecular flexibility index (Phi) is 6.95. The summed E-state index contributed by atoms with van der Waals surface area (Å²) in [5.41, 5.74) is -0.223. The van der Waals surface area contributed by atoms with Crippen molar-refractivity contribution in [2.75, 3.05) is 27.4 Å². The molecule has 1 atom stereocenters. The van der Waals surface area contributed by atoms with Crippen LogP contribution in [0.25, 0.3) is 0 Å². The van der Waals surface area contributed by atoms with Crippen molar-refractivity contribution >= 4 is 11.6 Å². The van der Waals surface area contributed by atoms with Crippen molar-refractivity contribution in [3.8, 4) is 17.2 Å². The van der Waals surface area contributed by atoms with Crippen LogP contribution in [0.2, 0.25) is 0 Å². The van der Waals surface area contributed by atoms with Crippen LogP contribution in [0.15, 0.2) is 42.5 Å². The van der Waals surface area contributed by atoms with Crippen LogP contribution in [0.5, 0.6) is 17.2 Å². The highest BCUT2D eigenvalue weighted by Crippen LogP contribution is 2.27. The number of nitrogens with zero attached hydrogens (tertiary/aromatic N) is 1. The number of benzene rings is 2. The van der Waals surface area contributed by atoms with Crippen LogP contribution < -0.4 is 19.5 Å². The highest BCUT2D eigenvalue weighted by Gasteiger charge is 2.18. The maximum Gasteiger partial charge on any atom is 0.311 e. The number of carbonyl (C=O) groups excluding carboxylic acids is 1. The Morgan fingerprint density at radius 1 is 1.15 bits per heavy atom. The van der Waals surface area contributed by atoms with E-state index in [0.717, 1.165) is 6.07 Å². The second-order valence-electron chi connectivity index (χ2n) is 5.49. The topological polar surface area (TPSA) is 120 Å². The quantitative estimate of drug-likeness (QED) is 0.505. The first kappa shape index (κ1) is 20.0. The van der Waals surface area contributed by atoms with Gasteiger partial charge < -0.3 is 24.6 Å². The molecule has 0 aromatic heterocycles. The lowest BCUT2D eigenvalue weighted by molar-refractivity contribution is -0.385. The van der Waals surface area contributed by atoms with Crippen LogP contribution in [-0.2, 0) is 0 Å². The van der Waals surface area contributed by atoms with E-state index in [2.05, 4.69) is 5.32 Å². The number of amides is 1. The third-order valence-electron chi connectivity index (χ3n) is 3.64. The molecule has 2 aromatic carbocycles. The SMILES string of the molecule is COc1ccc(OC[C@H](O)CNC(=O)c2ccc(OC)c([N+](=O)[O-])c2)cc1. The van der Waals surface area contributed by atoms with E-state index in [1.165, 1.54) is 19.2 Å². The lowest BCUT2D eigenvalue weighted by Gasteiger charge is -2.13. The van der Waals surface area contributed by atoms with Gasteiger partial charge in [-0.2, -0.15) is 0 Å². The summed E-state index contributed by atoms with van der Waals surface area (Å²) in [5, 5.41) is 23.5. The normalized spacial score (nSPS) is 11.4. The molecule has 0 fully saturated rings. The predicted molar refractivity (Wildman–Crippen MR) is 96.5 cm³/mol. The van der Waals surface area contributed by atoms with E-state index in [-0.39, 0.29) is 30.2 Å². The van der Waals surface area contributed by atoms with E-state index in [4.69, 9.17) is 14.2 Å². The summed E-state index contributed by atoms with van der Waals surface area (Å²) >= 11 is 0. The van der Waals surface area contributed by atoms with E-state index in [1.54, 1.807) is 31.4 Å². The highest BCUT2D eigenvalue weighted by molar-refractivity contribution is 5.95. The summed E-state index contributed by atoms with van der Waals surface area (Å²) in [6.07, 6.45) is -0.954. The molecule has 1 amide bonds. The molecule has 2 aromatic rings. The molecule has 0 aliphatic heterocycles. The van der Waals surface area contributed by atoms with Gasteiger partial charge in [-0.05, 0) is 36.4 Å². The Morgan fingerprint density at radius 3 is 2.41 bits per heavy atom. The molecule has 0 aliphatic carbocycles. The second-order valence-corrected chi connectivity index (χ2v) is 5.49. The number of nitrogens with one attached hydrogen (secondary N) is 1. The molecule has 9 heteroatoms. The summed E-state index contributed by atoms with van der Waals surface area (Å²) in [6.45, 7) is -0.107. The van der Waals surface area contributed by atoms with E-state index < -0.39 is 16.9 Å². The highest BCUT2D eigenvalue weighted by atomic mass is 16.6. The van der Waals surface area contributed by atoms with Gasteiger partial charge in [0.05, 0.1) is 19.1 Å². The summed E-state index contributed by atoms with van der Waals surface area (Å²) in [4.78, 5) is 22.5. The first-order valence-electron chi connectivity index (χ1n) is 8.00. The fourth-order valence-electron chi connectivity index (χ4n) is 2.21. The molecule has 2 rings (SSSR count). The third kappa shape index (κ3) is 5.58. The number of ether oxygens (including phenoxy) is 3. The molecule has 0 heterocycles. The van der Waals surface area contributed by atoms with Crippen LogP contribution >= 0.6 is 0 Å². The second kappa shape index (κ2) is 9.39. The average Bonchev–Trinajstić information content (AvgIpc) is 2.70. The summed E-state index contributed by atoms with van der Waals surface area (Å²) < 4.78 is 15.4. The molecule has 144 valence electrons. The van der Waals surface area contributed by atoms with Gasteiger partial charge in [0.2, 0.25) is 0 Å². The molecule has 2 N–H and O–H groups in total. The molecule has 0 saturated carbocycles. The zero-order valence-electron chi connectivity index (χ0n) is 14.9. The van der Waals surface area contributed by atoms with Crippen molar-refractivity contribution in [2.45, 2.75) is 6.10 Å². The Labute approximate surface area is 155 Å². The fraction of sp³-hybridized carbons (Fsp3) is 0.278. The van der Waals surface area contributed by atoms with E-state index in [9.17, 15) is 20.0 Å². The van der Waals surface area contributed by atoms with Gasteiger partial charge in [0.15, 0.2) is 5.75 Å². The van der Waals surface area contributed by atoms with Crippen molar-refractivity contribution in [1.29, 1.82) is 0 Å². The molecule has 0 unspecified atom stereocenters. The van der Waals surface area contributed by atoms with Crippen LogP contribution in [0.3, 0.4) is 0 Å². The van der Waals surface area contributed by atoms with Gasteiger partial charge in [-0.3, -0.25) is 14.9 Å². The Hall–Kier alpha value is -3.33. The van der Waals surface area contributed by atoms with Crippen LogP contribution in [0.1, 0.15) is 10.4 Å². The summed E-state index contributed by atoms with van der Waals surface area (Å²) in [7, 11) is 2.86. The molecule has 0 bridgehead atoms. The molecule has 0 spiro atoms. The molecule has 27 heavy (non-hydrogen) atoms. The van der Waals surface area contributed by atoms with Gasteiger partial charge >= 0.3 is 5.69 Å². The lowest BCUT2D eigenvalue weighted by Crippen LogP contribution is -2.35. The smallest absolute Gasteiger partial charge is 0.311 e. The molecule has 0 radical (unpaired) electrons. The van der Waals surface area contributed by atoms with Crippen LogP contribution in [0.4, 0.5) is 5.69 Å². The number of nitro benzene ring substituents is 1. The summed E-state index contributed by atoms with van der Waals surface area (Å²) in [5.74, 6) is 0.740. The summed E-state index contributed by atoms with van der Waals surface area (Å²) in [6, 6.07) is 10.7. The Balaban J connectivity index is 1.87. The first-order chi connectivity index (χ1) is 12.9. The molecular formula is C18H20N2O7. The van der Waals surface area contributed by atoms with Gasteiger partial charge in [-0.15, -0.1) is 0 Å². The number of hydrogen-bond donors (Lipinski definition) is 2. The molecule has 9 nitrogen and oxygen atoms in total. The minimum Gasteiger partial charge on any atom is -0.497 e. The van der Waals surface area contributed by atoms with Crippen molar-refractivity contribution in [1.82, 2.24) is 5.32 Å². The lowest BCUT2D eigenvalue weighted by atomic mass is 10.1. The van der Waals surface area contributed by atoms with E-state index in [1.807, 2.05) is 0 Å². The number of aliphatic hydroxyl groups excluding tert-OH is 1. The number of carbonyl (C=O) groups is 1. The molecular weight excluding hydrogens is 356 g/mol. The molecule has 0 saturated heterocycles. The zero-order valence-corrected chi connectivity index (χ0v) is 14.9. The minimum absolute atomic E-state index is 0.0324. The van der Waals surface area contributed by atoms with Crippen LogP contribution in [0, 0.1) is 10.1 Å². The number of aliphatic hydroxyl groups is 1. The maximum absolute atomic E-state index is 12.1. The van der Waals surface area contributed by atoms with Gasteiger partial charge in [-0.25, -0.2) is 0 Å². The van der Waals surface area contributed by atoms with Crippen molar-refractivity contribution in [3.63, 3.8) is 0 Å².